The summed E-state index contributed by atoms with van der Waals surface area (Å²) in [5.41, 5.74) is 0. The summed E-state index contributed by atoms with van der Waals surface area (Å²) in [5.74, 6) is 2.18. The number of para-hydroxylation sites is 1. The molecule has 1 radical (unpaired) electrons. The van der Waals surface area contributed by atoms with Crippen LogP contribution in [0.3, 0.4) is 0 Å². The molecule has 0 saturated carbocycles. The Kier molecular flexibility index (Phi) is 3.81. The largest absolute Gasteiger partial charge is 0.489 e. The minimum absolute atomic E-state index is 0.464. The number of ether oxygens (including phenoxy) is 2. The molecular weight excluding hydrogens is 212 g/mol. The van der Waals surface area contributed by atoms with Crippen molar-refractivity contribution in [3.8, 4) is 17.2 Å². The Morgan fingerprint density at radius 2 is 1.94 bits per heavy atom. The molecule has 0 aliphatic heterocycles. The highest BCUT2D eigenvalue weighted by Crippen LogP contribution is 2.24. The molecule has 2 heteroatoms. The zero-order valence-electron chi connectivity index (χ0n) is 9.43. The SMILES string of the molecule is C=CCOc1[c]ccc(Oc2ccccc2)c1. The second kappa shape index (κ2) is 5.75. The Morgan fingerprint density at radius 1 is 1.12 bits per heavy atom. The van der Waals surface area contributed by atoms with Crippen LogP contribution in [0.25, 0.3) is 0 Å². The molecule has 0 unspecified atom stereocenters. The lowest BCUT2D eigenvalue weighted by Crippen LogP contribution is -1.93. The first-order chi connectivity index (χ1) is 8.38. The van der Waals surface area contributed by atoms with Gasteiger partial charge in [-0.3, -0.25) is 0 Å². The van der Waals surface area contributed by atoms with Crippen molar-refractivity contribution in [2.24, 2.45) is 0 Å². The highest BCUT2D eigenvalue weighted by atomic mass is 16.5. The van der Waals surface area contributed by atoms with Crippen molar-refractivity contribution in [1.82, 2.24) is 0 Å². The molecule has 0 atom stereocenters. The Hall–Kier alpha value is -2.22. The second-order valence-electron chi connectivity index (χ2n) is 3.40. The fourth-order valence-electron chi connectivity index (χ4n) is 1.35. The fourth-order valence-corrected chi connectivity index (χ4v) is 1.35. The second-order valence-corrected chi connectivity index (χ2v) is 3.40. The minimum Gasteiger partial charge on any atom is -0.489 e. The predicted octanol–water partition coefficient (Wildman–Crippen LogP) is 3.84. The lowest BCUT2D eigenvalue weighted by Gasteiger charge is -2.07. The highest BCUT2D eigenvalue weighted by Gasteiger charge is 1.99. The molecule has 2 aromatic carbocycles. The van der Waals surface area contributed by atoms with Gasteiger partial charge in [0.05, 0.1) is 0 Å². The monoisotopic (exact) mass is 225 g/mol. The Morgan fingerprint density at radius 3 is 2.71 bits per heavy atom. The predicted molar refractivity (Wildman–Crippen MR) is 67.5 cm³/mol. The number of hydrogen-bond donors (Lipinski definition) is 0. The highest BCUT2D eigenvalue weighted by molar-refractivity contribution is 5.36. The third-order valence-corrected chi connectivity index (χ3v) is 2.08. The molecule has 0 spiro atoms. The molecule has 0 fully saturated rings. The van der Waals surface area contributed by atoms with Crippen molar-refractivity contribution in [2.45, 2.75) is 0 Å². The van der Waals surface area contributed by atoms with Gasteiger partial charge in [-0.1, -0.05) is 30.9 Å². The standard InChI is InChI=1S/C15H13O2/c1-2-11-16-14-9-6-10-15(12-14)17-13-7-4-3-5-8-13/h2-8,10,12H,1,11H2. The first-order valence-corrected chi connectivity index (χ1v) is 5.37. The van der Waals surface area contributed by atoms with E-state index in [0.717, 1.165) is 11.5 Å². The van der Waals surface area contributed by atoms with Gasteiger partial charge in [0.1, 0.15) is 23.9 Å². The van der Waals surface area contributed by atoms with E-state index in [9.17, 15) is 0 Å². The van der Waals surface area contributed by atoms with E-state index in [1.807, 2.05) is 36.4 Å². The lowest BCUT2D eigenvalue weighted by atomic mass is 10.3. The summed E-state index contributed by atoms with van der Waals surface area (Å²) in [4.78, 5) is 0. The Balaban J connectivity index is 2.08. The van der Waals surface area contributed by atoms with Gasteiger partial charge >= 0.3 is 0 Å². The van der Waals surface area contributed by atoms with Crippen LogP contribution >= 0.6 is 0 Å². The molecule has 0 N–H and O–H groups in total. The van der Waals surface area contributed by atoms with Gasteiger partial charge in [0, 0.05) is 12.1 Å². The first-order valence-electron chi connectivity index (χ1n) is 5.37. The normalized spacial score (nSPS) is 9.65. The van der Waals surface area contributed by atoms with Crippen LogP contribution in [0, 0.1) is 6.07 Å². The molecule has 2 aromatic rings. The molecule has 0 aliphatic rings. The number of rotatable bonds is 5. The quantitative estimate of drug-likeness (QED) is 0.720. The van der Waals surface area contributed by atoms with E-state index in [2.05, 4.69) is 12.6 Å². The molecule has 0 aliphatic carbocycles. The van der Waals surface area contributed by atoms with E-state index < -0.39 is 0 Å². The fraction of sp³-hybridized carbons (Fsp3) is 0.0667. The molecule has 2 rings (SSSR count). The summed E-state index contributed by atoms with van der Waals surface area (Å²) >= 11 is 0. The number of hydrogen-bond acceptors (Lipinski definition) is 2. The van der Waals surface area contributed by atoms with Gasteiger partial charge in [0.15, 0.2) is 0 Å². The van der Waals surface area contributed by atoms with Crippen LogP contribution in [0.2, 0.25) is 0 Å². The van der Waals surface area contributed by atoms with Gasteiger partial charge in [-0.15, -0.1) is 0 Å². The van der Waals surface area contributed by atoms with E-state index in [0.29, 0.717) is 12.4 Å². The lowest BCUT2D eigenvalue weighted by molar-refractivity contribution is 0.359. The average Bonchev–Trinajstić information content (AvgIpc) is 2.38. The van der Waals surface area contributed by atoms with Crippen molar-refractivity contribution in [1.29, 1.82) is 0 Å². The maximum absolute atomic E-state index is 5.67. The van der Waals surface area contributed by atoms with Crippen LogP contribution in [0.4, 0.5) is 0 Å². The molecule has 0 amide bonds. The van der Waals surface area contributed by atoms with Crippen LogP contribution in [0.15, 0.2) is 61.2 Å². The zero-order chi connectivity index (χ0) is 11.9. The van der Waals surface area contributed by atoms with E-state index in [1.54, 1.807) is 18.2 Å². The van der Waals surface area contributed by atoms with E-state index in [4.69, 9.17) is 9.47 Å². The molecule has 0 bridgehead atoms. The summed E-state index contributed by atoms with van der Waals surface area (Å²) in [5, 5.41) is 0. The van der Waals surface area contributed by atoms with Crippen molar-refractivity contribution in [2.75, 3.05) is 6.61 Å². The maximum atomic E-state index is 5.67. The van der Waals surface area contributed by atoms with Crippen LogP contribution < -0.4 is 9.47 Å². The molecule has 17 heavy (non-hydrogen) atoms. The first kappa shape index (κ1) is 11.3. The third kappa shape index (κ3) is 3.38. The number of benzene rings is 2. The van der Waals surface area contributed by atoms with Crippen LogP contribution in [-0.4, -0.2) is 6.61 Å². The van der Waals surface area contributed by atoms with E-state index >= 15 is 0 Å². The van der Waals surface area contributed by atoms with Crippen molar-refractivity contribution >= 4 is 0 Å². The van der Waals surface area contributed by atoms with Crippen molar-refractivity contribution in [3.63, 3.8) is 0 Å². The summed E-state index contributed by atoms with van der Waals surface area (Å²) < 4.78 is 11.1. The van der Waals surface area contributed by atoms with Gasteiger partial charge in [0.2, 0.25) is 0 Å². The van der Waals surface area contributed by atoms with Crippen LogP contribution in [-0.2, 0) is 0 Å². The van der Waals surface area contributed by atoms with Gasteiger partial charge < -0.3 is 9.47 Å². The van der Waals surface area contributed by atoms with Gasteiger partial charge in [0.25, 0.3) is 0 Å². The van der Waals surface area contributed by atoms with Crippen molar-refractivity contribution in [3.05, 3.63) is 67.3 Å². The summed E-state index contributed by atoms with van der Waals surface area (Å²) in [6.07, 6.45) is 1.69. The molecule has 0 aromatic heterocycles. The van der Waals surface area contributed by atoms with Gasteiger partial charge in [-0.25, -0.2) is 0 Å². The topological polar surface area (TPSA) is 18.5 Å². The van der Waals surface area contributed by atoms with Gasteiger partial charge in [-0.2, -0.15) is 0 Å². The summed E-state index contributed by atoms with van der Waals surface area (Å²) in [6.45, 7) is 4.06. The smallest absolute Gasteiger partial charge is 0.131 e. The molecule has 85 valence electrons. The van der Waals surface area contributed by atoms with Gasteiger partial charge in [-0.05, 0) is 24.3 Å². The van der Waals surface area contributed by atoms with Crippen LogP contribution in [0.5, 0.6) is 17.2 Å². The molecule has 2 nitrogen and oxygen atoms in total. The Labute approximate surface area is 101 Å². The summed E-state index contributed by atoms with van der Waals surface area (Å²) in [7, 11) is 0. The van der Waals surface area contributed by atoms with Crippen molar-refractivity contribution < 1.29 is 9.47 Å². The van der Waals surface area contributed by atoms with Crippen LogP contribution in [0.1, 0.15) is 0 Å². The summed E-state index contributed by atoms with van der Waals surface area (Å²) in [6, 6.07) is 18.0. The Bertz CT molecular complexity index is 477. The van der Waals surface area contributed by atoms with E-state index in [-0.39, 0.29) is 0 Å². The zero-order valence-corrected chi connectivity index (χ0v) is 9.43. The maximum Gasteiger partial charge on any atom is 0.131 e. The minimum atomic E-state index is 0.464. The molecule has 0 heterocycles. The molecular formula is C15H13O2. The third-order valence-electron chi connectivity index (χ3n) is 2.08. The average molecular weight is 225 g/mol. The van der Waals surface area contributed by atoms with E-state index in [1.165, 1.54) is 0 Å². The molecule has 0 saturated heterocycles.